The summed E-state index contributed by atoms with van der Waals surface area (Å²) < 4.78 is 11.2. The molecule has 1 aliphatic carbocycles. The number of nitrogens with one attached hydrogen (secondary N) is 1. The summed E-state index contributed by atoms with van der Waals surface area (Å²) in [7, 11) is 1.76. The Bertz CT molecular complexity index is 413. The van der Waals surface area contributed by atoms with Crippen molar-refractivity contribution in [3.63, 3.8) is 0 Å². The van der Waals surface area contributed by atoms with Gasteiger partial charge in [0.05, 0.1) is 0 Å². The molecule has 1 fully saturated rings. The minimum absolute atomic E-state index is 0.321. The van der Waals surface area contributed by atoms with Crippen molar-refractivity contribution in [2.24, 2.45) is 0 Å². The van der Waals surface area contributed by atoms with E-state index >= 15 is 0 Å². The van der Waals surface area contributed by atoms with Gasteiger partial charge in [0.25, 0.3) is 0 Å². The highest BCUT2D eigenvalue weighted by Crippen LogP contribution is 2.38. The quantitative estimate of drug-likeness (QED) is 0.798. The second-order valence-electron chi connectivity index (χ2n) is 6.03. The zero-order valence-corrected chi connectivity index (χ0v) is 13.7. The van der Waals surface area contributed by atoms with Crippen molar-refractivity contribution < 1.29 is 9.26 Å². The third-order valence-electron chi connectivity index (χ3n) is 4.52. The molecule has 0 saturated heterocycles. The van der Waals surface area contributed by atoms with Crippen LogP contribution >= 0.6 is 0 Å². The summed E-state index contributed by atoms with van der Waals surface area (Å²) in [6, 6.07) is 0.406. The molecule has 0 aromatic carbocycles. The van der Waals surface area contributed by atoms with E-state index in [9.17, 15) is 0 Å². The topological polar surface area (TPSA) is 60.2 Å². The Morgan fingerprint density at radius 1 is 1.29 bits per heavy atom. The second-order valence-corrected chi connectivity index (χ2v) is 6.03. The van der Waals surface area contributed by atoms with E-state index < -0.39 is 0 Å². The van der Waals surface area contributed by atoms with Crippen molar-refractivity contribution in [2.75, 3.05) is 13.7 Å². The van der Waals surface area contributed by atoms with Crippen LogP contribution in [0.4, 0.5) is 0 Å². The number of rotatable bonds is 8. The average Bonchev–Trinajstić information content (AvgIpc) is 3.01. The number of methoxy groups -OCH3 is 1. The van der Waals surface area contributed by atoms with Crippen LogP contribution in [-0.4, -0.2) is 29.8 Å². The lowest BCUT2D eigenvalue weighted by Gasteiger charge is -2.32. The number of ether oxygens (including phenoxy) is 1. The highest BCUT2D eigenvalue weighted by molar-refractivity contribution is 5.03. The van der Waals surface area contributed by atoms with Crippen LogP contribution in [0.1, 0.15) is 70.5 Å². The highest BCUT2D eigenvalue weighted by atomic mass is 16.5. The molecule has 1 unspecified atom stereocenters. The summed E-state index contributed by atoms with van der Waals surface area (Å²) in [5.74, 6) is 1.47. The summed E-state index contributed by atoms with van der Waals surface area (Å²) in [4.78, 5) is 4.63. The Balaban J connectivity index is 2.02. The second kappa shape index (κ2) is 7.90. The number of hydrogen-bond donors (Lipinski definition) is 1. The Kier molecular flexibility index (Phi) is 6.18. The molecule has 0 bridgehead atoms. The molecule has 1 aromatic heterocycles. The van der Waals surface area contributed by atoms with Crippen molar-refractivity contribution in [2.45, 2.75) is 76.9 Å². The fourth-order valence-corrected chi connectivity index (χ4v) is 3.08. The van der Waals surface area contributed by atoms with Crippen molar-refractivity contribution in [1.82, 2.24) is 15.5 Å². The van der Waals surface area contributed by atoms with E-state index in [-0.39, 0.29) is 5.60 Å². The fraction of sp³-hybridized carbons (Fsp3) is 0.875. The summed E-state index contributed by atoms with van der Waals surface area (Å²) in [6.07, 6.45) is 8.60. The molecule has 1 heterocycles. The van der Waals surface area contributed by atoms with Crippen molar-refractivity contribution in [3.05, 3.63) is 11.7 Å². The average molecular weight is 295 g/mol. The maximum absolute atomic E-state index is 5.77. The van der Waals surface area contributed by atoms with Crippen molar-refractivity contribution in [3.8, 4) is 0 Å². The van der Waals surface area contributed by atoms with Crippen LogP contribution in [0.2, 0.25) is 0 Å². The van der Waals surface area contributed by atoms with Crippen molar-refractivity contribution in [1.29, 1.82) is 0 Å². The van der Waals surface area contributed by atoms with E-state index in [1.54, 1.807) is 7.11 Å². The monoisotopic (exact) mass is 295 g/mol. The molecule has 5 nitrogen and oxygen atoms in total. The van der Waals surface area contributed by atoms with Crippen LogP contribution in [0.15, 0.2) is 4.52 Å². The van der Waals surface area contributed by atoms with Crippen molar-refractivity contribution >= 4 is 0 Å². The van der Waals surface area contributed by atoms with Gasteiger partial charge in [-0.25, -0.2) is 0 Å². The van der Waals surface area contributed by atoms with Crippen LogP contribution < -0.4 is 5.32 Å². The van der Waals surface area contributed by atoms with Gasteiger partial charge in [0.15, 0.2) is 0 Å². The van der Waals surface area contributed by atoms with Crippen LogP contribution in [0, 0.1) is 0 Å². The minimum Gasteiger partial charge on any atom is -0.370 e. The van der Waals surface area contributed by atoms with Gasteiger partial charge in [0.1, 0.15) is 5.60 Å². The maximum Gasteiger partial charge on any atom is 0.228 e. The minimum atomic E-state index is -0.321. The van der Waals surface area contributed by atoms with Gasteiger partial charge in [-0.3, -0.25) is 0 Å². The smallest absolute Gasteiger partial charge is 0.228 e. The van der Waals surface area contributed by atoms with Crippen LogP contribution in [0.25, 0.3) is 0 Å². The first-order valence-electron chi connectivity index (χ1n) is 8.35. The largest absolute Gasteiger partial charge is 0.370 e. The molecule has 0 radical (unpaired) electrons. The van der Waals surface area contributed by atoms with Gasteiger partial charge in [0.2, 0.25) is 11.7 Å². The van der Waals surface area contributed by atoms with Gasteiger partial charge in [-0.15, -0.1) is 0 Å². The molecule has 1 aliphatic rings. The SMILES string of the molecule is CCCNC(CC)Cc1nc(C2(OC)CCCCC2)no1. The lowest BCUT2D eigenvalue weighted by atomic mass is 9.84. The van der Waals surface area contributed by atoms with E-state index in [2.05, 4.69) is 29.3 Å². The van der Waals surface area contributed by atoms with Gasteiger partial charge in [-0.05, 0) is 32.2 Å². The molecule has 1 atom stereocenters. The third-order valence-corrected chi connectivity index (χ3v) is 4.52. The van der Waals surface area contributed by atoms with Crippen LogP contribution in [0.5, 0.6) is 0 Å². The summed E-state index contributed by atoms with van der Waals surface area (Å²) in [5, 5.41) is 7.73. The Hall–Kier alpha value is -0.940. The third kappa shape index (κ3) is 4.04. The molecule has 1 N–H and O–H groups in total. The first kappa shape index (κ1) is 16.4. The number of nitrogens with zero attached hydrogens (tertiary/aromatic N) is 2. The zero-order chi connectivity index (χ0) is 15.1. The first-order chi connectivity index (χ1) is 10.2. The molecule has 0 aliphatic heterocycles. The first-order valence-corrected chi connectivity index (χ1v) is 8.35. The molecule has 1 aromatic rings. The van der Waals surface area contributed by atoms with Gasteiger partial charge >= 0.3 is 0 Å². The molecule has 1 saturated carbocycles. The standard InChI is InChI=1S/C16H29N3O2/c1-4-11-17-13(5-2)12-14-18-15(19-21-14)16(20-3)9-7-6-8-10-16/h13,17H,4-12H2,1-3H3. The highest BCUT2D eigenvalue weighted by Gasteiger charge is 2.38. The van der Waals surface area contributed by atoms with Gasteiger partial charge < -0.3 is 14.6 Å². The predicted octanol–water partition coefficient (Wildman–Crippen LogP) is 3.20. The number of hydrogen-bond acceptors (Lipinski definition) is 5. The molecular formula is C16H29N3O2. The summed E-state index contributed by atoms with van der Waals surface area (Å²) in [6.45, 7) is 5.39. The predicted molar refractivity (Wildman–Crippen MR) is 82.1 cm³/mol. The van der Waals surface area contributed by atoms with E-state index in [4.69, 9.17) is 9.26 Å². The van der Waals surface area contributed by atoms with Gasteiger partial charge in [-0.1, -0.05) is 38.3 Å². The lowest BCUT2D eigenvalue weighted by Crippen LogP contribution is -2.33. The Morgan fingerprint density at radius 2 is 2.05 bits per heavy atom. The van der Waals surface area contributed by atoms with E-state index in [0.717, 1.165) is 50.4 Å². The zero-order valence-electron chi connectivity index (χ0n) is 13.7. The molecular weight excluding hydrogens is 266 g/mol. The fourth-order valence-electron chi connectivity index (χ4n) is 3.08. The van der Waals surface area contributed by atoms with E-state index in [1.165, 1.54) is 19.3 Å². The lowest BCUT2D eigenvalue weighted by molar-refractivity contribution is -0.0527. The Morgan fingerprint density at radius 3 is 2.67 bits per heavy atom. The maximum atomic E-state index is 5.77. The van der Waals surface area contributed by atoms with Gasteiger partial charge in [-0.2, -0.15) is 4.98 Å². The molecule has 0 spiro atoms. The summed E-state index contributed by atoms with van der Waals surface area (Å²) in [5.41, 5.74) is -0.321. The summed E-state index contributed by atoms with van der Waals surface area (Å²) >= 11 is 0. The van der Waals surface area contributed by atoms with Crippen LogP contribution in [-0.2, 0) is 16.8 Å². The molecule has 5 heteroatoms. The number of aromatic nitrogens is 2. The van der Waals surface area contributed by atoms with Gasteiger partial charge in [0, 0.05) is 19.6 Å². The molecule has 2 rings (SSSR count). The molecule has 0 amide bonds. The van der Waals surface area contributed by atoms with E-state index in [0.29, 0.717) is 6.04 Å². The molecule has 21 heavy (non-hydrogen) atoms. The normalized spacial score (nSPS) is 19.6. The van der Waals surface area contributed by atoms with Crippen LogP contribution in [0.3, 0.4) is 0 Å². The molecule has 120 valence electrons. The van der Waals surface area contributed by atoms with E-state index in [1.807, 2.05) is 0 Å². The Labute approximate surface area is 127 Å².